The van der Waals surface area contributed by atoms with Gasteiger partial charge in [0.05, 0.1) is 19.3 Å². The van der Waals surface area contributed by atoms with Crippen molar-refractivity contribution in [3.63, 3.8) is 0 Å². The summed E-state index contributed by atoms with van der Waals surface area (Å²) in [6.45, 7) is 1.29. The fourth-order valence-corrected chi connectivity index (χ4v) is 2.43. The van der Waals surface area contributed by atoms with Gasteiger partial charge in [-0.3, -0.25) is 0 Å². The Bertz CT molecular complexity index is 711. The van der Waals surface area contributed by atoms with Gasteiger partial charge in [0.25, 0.3) is 0 Å². The lowest BCUT2D eigenvalue weighted by molar-refractivity contribution is -0.147. The second-order valence-electron chi connectivity index (χ2n) is 5.36. The molecule has 0 saturated heterocycles. The van der Waals surface area contributed by atoms with Crippen LogP contribution in [0.3, 0.4) is 0 Å². The summed E-state index contributed by atoms with van der Waals surface area (Å²) < 4.78 is 5.57. The number of nitrogens with zero attached hydrogens (tertiary/aromatic N) is 2. The van der Waals surface area contributed by atoms with Gasteiger partial charge >= 0.3 is 0 Å². The van der Waals surface area contributed by atoms with E-state index in [1.165, 1.54) is 11.1 Å². The smallest absolute Gasteiger partial charge is 0.198 e. The van der Waals surface area contributed by atoms with Crippen molar-refractivity contribution in [2.24, 2.45) is 0 Å². The van der Waals surface area contributed by atoms with Gasteiger partial charge in [-0.2, -0.15) is 5.06 Å². The minimum Gasteiger partial charge on any atom is -0.448 e. The predicted molar refractivity (Wildman–Crippen MR) is 88.4 cm³/mol. The topological polar surface area (TPSA) is 38.5 Å². The molecule has 1 aromatic heterocycles. The maximum Gasteiger partial charge on any atom is 0.198 e. The number of rotatable bonds is 7. The molecule has 1 heterocycles. The molecule has 0 atom stereocenters. The summed E-state index contributed by atoms with van der Waals surface area (Å²) in [5.74, 6) is 0.724. The Balaban J connectivity index is 1.61. The molecule has 118 valence electrons. The largest absolute Gasteiger partial charge is 0.448 e. The summed E-state index contributed by atoms with van der Waals surface area (Å²) in [6, 6.07) is 20.4. The molecule has 0 amide bonds. The first-order chi connectivity index (χ1) is 11.3. The van der Waals surface area contributed by atoms with Crippen LogP contribution in [0.5, 0.6) is 0 Å². The highest BCUT2D eigenvalue weighted by atomic mass is 16.7. The van der Waals surface area contributed by atoms with E-state index in [2.05, 4.69) is 29.2 Å². The number of aromatic nitrogens is 1. The average Bonchev–Trinajstić information content (AvgIpc) is 3.03. The lowest BCUT2D eigenvalue weighted by Gasteiger charge is -2.18. The fourth-order valence-electron chi connectivity index (χ4n) is 2.43. The van der Waals surface area contributed by atoms with Gasteiger partial charge in [0, 0.05) is 13.0 Å². The van der Waals surface area contributed by atoms with Crippen LogP contribution in [0.4, 0.5) is 0 Å². The van der Waals surface area contributed by atoms with Crippen LogP contribution >= 0.6 is 0 Å². The van der Waals surface area contributed by atoms with E-state index in [1.54, 1.807) is 13.4 Å². The Morgan fingerprint density at radius 3 is 2.22 bits per heavy atom. The molecule has 0 fully saturated rings. The van der Waals surface area contributed by atoms with Gasteiger partial charge < -0.3 is 9.25 Å². The van der Waals surface area contributed by atoms with Crippen molar-refractivity contribution in [2.75, 3.05) is 7.11 Å². The number of hydrogen-bond donors (Lipinski definition) is 0. The molecule has 0 unspecified atom stereocenters. The second kappa shape index (κ2) is 7.72. The van der Waals surface area contributed by atoms with Crippen molar-refractivity contribution in [3.8, 4) is 0 Å². The third-order valence-electron chi connectivity index (χ3n) is 3.60. The summed E-state index contributed by atoms with van der Waals surface area (Å²) >= 11 is 0. The Labute approximate surface area is 136 Å². The molecule has 0 bridgehead atoms. The van der Waals surface area contributed by atoms with E-state index in [0.29, 0.717) is 19.5 Å². The normalized spacial score (nSPS) is 11.0. The van der Waals surface area contributed by atoms with Gasteiger partial charge in [-0.1, -0.05) is 60.7 Å². The van der Waals surface area contributed by atoms with E-state index in [9.17, 15) is 0 Å². The molecule has 0 N–H and O–H groups in total. The number of benzene rings is 2. The van der Waals surface area contributed by atoms with Crippen LogP contribution in [-0.2, 0) is 24.3 Å². The molecule has 3 aromatic rings. The number of hydroxylamine groups is 2. The molecule has 0 radical (unpaired) electrons. The zero-order chi connectivity index (χ0) is 15.9. The molecule has 4 nitrogen and oxygen atoms in total. The second-order valence-corrected chi connectivity index (χ2v) is 5.36. The molecule has 0 spiro atoms. The van der Waals surface area contributed by atoms with Crippen molar-refractivity contribution < 1.29 is 9.25 Å². The predicted octanol–water partition coefficient (Wildman–Crippen LogP) is 3.83. The molecular weight excluding hydrogens is 288 g/mol. The summed E-state index contributed by atoms with van der Waals surface area (Å²) in [7, 11) is 1.67. The summed E-state index contributed by atoms with van der Waals surface area (Å²) in [5.41, 5.74) is 3.25. The van der Waals surface area contributed by atoms with Crippen molar-refractivity contribution in [1.82, 2.24) is 10.0 Å². The van der Waals surface area contributed by atoms with E-state index in [0.717, 1.165) is 11.6 Å². The third-order valence-corrected chi connectivity index (χ3v) is 3.60. The van der Waals surface area contributed by atoms with E-state index >= 15 is 0 Å². The Hall–Kier alpha value is -2.43. The molecule has 3 rings (SSSR count). The first kappa shape index (κ1) is 15.5. The van der Waals surface area contributed by atoms with Gasteiger partial charge in [-0.05, 0) is 11.1 Å². The standard InChI is InChI=1S/C19H20N2O2/c1-22-21(13-17-10-6-3-7-11-17)14-18-15-23-19(20-18)12-16-8-4-2-5-9-16/h2-11,15H,12-14H2,1H3. The molecule has 0 aliphatic heterocycles. The van der Waals surface area contributed by atoms with Gasteiger partial charge in [-0.15, -0.1) is 0 Å². The van der Waals surface area contributed by atoms with Crippen molar-refractivity contribution in [3.05, 3.63) is 89.6 Å². The van der Waals surface area contributed by atoms with Crippen molar-refractivity contribution in [1.29, 1.82) is 0 Å². The maximum atomic E-state index is 5.57. The van der Waals surface area contributed by atoms with Gasteiger partial charge in [0.15, 0.2) is 5.89 Å². The van der Waals surface area contributed by atoms with Crippen LogP contribution in [-0.4, -0.2) is 17.2 Å². The third kappa shape index (κ3) is 4.52. The van der Waals surface area contributed by atoms with E-state index in [4.69, 9.17) is 9.25 Å². The molecule has 23 heavy (non-hydrogen) atoms. The first-order valence-corrected chi connectivity index (χ1v) is 7.63. The Kier molecular flexibility index (Phi) is 5.19. The summed E-state index contributed by atoms with van der Waals surface area (Å²) in [6.07, 6.45) is 2.40. The molecule has 0 saturated carbocycles. The van der Waals surface area contributed by atoms with Crippen LogP contribution in [0.15, 0.2) is 71.3 Å². The number of hydrogen-bond acceptors (Lipinski definition) is 4. The molecule has 2 aromatic carbocycles. The summed E-state index contributed by atoms with van der Waals surface area (Å²) in [5, 5.41) is 1.86. The average molecular weight is 308 g/mol. The lowest BCUT2D eigenvalue weighted by atomic mass is 10.1. The Morgan fingerprint density at radius 1 is 0.913 bits per heavy atom. The summed E-state index contributed by atoms with van der Waals surface area (Å²) in [4.78, 5) is 9.98. The van der Waals surface area contributed by atoms with E-state index in [1.807, 2.05) is 41.5 Å². The Morgan fingerprint density at radius 2 is 1.57 bits per heavy atom. The molecule has 0 aliphatic carbocycles. The van der Waals surface area contributed by atoms with Gasteiger partial charge in [0.2, 0.25) is 0 Å². The van der Waals surface area contributed by atoms with Crippen LogP contribution in [0.2, 0.25) is 0 Å². The minimum absolute atomic E-state index is 0.587. The molecule has 4 heteroatoms. The zero-order valence-electron chi connectivity index (χ0n) is 13.2. The monoisotopic (exact) mass is 308 g/mol. The SMILES string of the molecule is CON(Cc1ccccc1)Cc1coc(Cc2ccccc2)n1. The maximum absolute atomic E-state index is 5.57. The van der Waals surface area contributed by atoms with Crippen LogP contribution < -0.4 is 0 Å². The molecule has 0 aliphatic rings. The van der Waals surface area contributed by atoms with Crippen molar-refractivity contribution in [2.45, 2.75) is 19.5 Å². The highest BCUT2D eigenvalue weighted by molar-refractivity contribution is 5.18. The lowest BCUT2D eigenvalue weighted by Crippen LogP contribution is -2.21. The quantitative estimate of drug-likeness (QED) is 0.622. The molecular formula is C19H20N2O2. The van der Waals surface area contributed by atoms with Crippen LogP contribution in [0.1, 0.15) is 22.7 Å². The van der Waals surface area contributed by atoms with E-state index < -0.39 is 0 Å². The fraction of sp³-hybridized carbons (Fsp3) is 0.211. The van der Waals surface area contributed by atoms with Crippen LogP contribution in [0.25, 0.3) is 0 Å². The highest BCUT2D eigenvalue weighted by Gasteiger charge is 2.11. The zero-order valence-corrected chi connectivity index (χ0v) is 13.2. The highest BCUT2D eigenvalue weighted by Crippen LogP contribution is 2.13. The minimum atomic E-state index is 0.587. The van der Waals surface area contributed by atoms with Crippen molar-refractivity contribution >= 4 is 0 Å². The van der Waals surface area contributed by atoms with Gasteiger partial charge in [0.1, 0.15) is 6.26 Å². The number of oxazole rings is 1. The van der Waals surface area contributed by atoms with Crippen LogP contribution in [0, 0.1) is 0 Å². The van der Waals surface area contributed by atoms with E-state index in [-0.39, 0.29) is 0 Å². The first-order valence-electron chi connectivity index (χ1n) is 7.63. The van der Waals surface area contributed by atoms with Gasteiger partial charge in [-0.25, -0.2) is 4.98 Å².